The van der Waals surface area contributed by atoms with Gasteiger partial charge in [-0.15, -0.1) is 0 Å². The Kier molecular flexibility index (Phi) is 4.53. The van der Waals surface area contributed by atoms with Gasteiger partial charge in [0, 0.05) is 18.2 Å². The van der Waals surface area contributed by atoms with Gasteiger partial charge in [-0.2, -0.15) is 4.37 Å². The highest BCUT2D eigenvalue weighted by Crippen LogP contribution is 2.35. The molecule has 1 aromatic carbocycles. The second-order valence-electron chi connectivity index (χ2n) is 3.58. The lowest BCUT2D eigenvalue weighted by molar-refractivity contribution is 0.931. The summed E-state index contributed by atoms with van der Waals surface area (Å²) in [4.78, 5) is 4.46. The number of thioether (sulfide) groups is 1. The topological polar surface area (TPSA) is 51.8 Å². The molecule has 1 aromatic heterocycles. The van der Waals surface area contributed by atoms with E-state index in [1.54, 1.807) is 11.8 Å². The van der Waals surface area contributed by atoms with Crippen LogP contribution in [-0.4, -0.2) is 15.9 Å². The third-order valence-electron chi connectivity index (χ3n) is 2.39. The van der Waals surface area contributed by atoms with Gasteiger partial charge >= 0.3 is 0 Å². The normalized spacial score (nSPS) is 12.6. The summed E-state index contributed by atoms with van der Waals surface area (Å²) >= 11 is 3.16. The van der Waals surface area contributed by atoms with Gasteiger partial charge in [-0.05, 0) is 17.1 Å². The predicted molar refractivity (Wildman–Crippen MR) is 73.4 cm³/mol. The SMILES string of the molecule is CCc1nsc(SC(CN)c2ccccc2)n1. The highest BCUT2D eigenvalue weighted by atomic mass is 32.2. The van der Waals surface area contributed by atoms with Crippen molar-refractivity contribution < 1.29 is 0 Å². The van der Waals surface area contributed by atoms with E-state index in [-0.39, 0.29) is 5.25 Å². The molecule has 0 fully saturated rings. The van der Waals surface area contributed by atoms with Crippen molar-refractivity contribution in [1.29, 1.82) is 0 Å². The Bertz CT molecular complexity index is 456. The van der Waals surface area contributed by atoms with E-state index in [4.69, 9.17) is 5.73 Å². The zero-order chi connectivity index (χ0) is 12.1. The Balaban J connectivity index is 2.10. The molecule has 0 saturated heterocycles. The number of benzene rings is 1. The summed E-state index contributed by atoms with van der Waals surface area (Å²) in [6, 6.07) is 10.3. The third kappa shape index (κ3) is 3.28. The van der Waals surface area contributed by atoms with Crippen LogP contribution < -0.4 is 5.73 Å². The van der Waals surface area contributed by atoms with Gasteiger partial charge in [0.1, 0.15) is 5.82 Å². The molecule has 17 heavy (non-hydrogen) atoms. The molecular weight excluding hydrogens is 250 g/mol. The van der Waals surface area contributed by atoms with Crippen LogP contribution >= 0.6 is 23.3 Å². The Morgan fingerprint density at radius 2 is 2.12 bits per heavy atom. The van der Waals surface area contributed by atoms with Gasteiger partial charge in [-0.25, -0.2) is 4.98 Å². The lowest BCUT2D eigenvalue weighted by Crippen LogP contribution is -2.09. The number of nitrogens with two attached hydrogens (primary N) is 1. The van der Waals surface area contributed by atoms with E-state index < -0.39 is 0 Å². The van der Waals surface area contributed by atoms with E-state index in [0.29, 0.717) is 6.54 Å². The van der Waals surface area contributed by atoms with E-state index in [1.807, 2.05) is 18.2 Å². The molecule has 0 bridgehead atoms. The van der Waals surface area contributed by atoms with Crippen LogP contribution in [0.15, 0.2) is 34.7 Å². The van der Waals surface area contributed by atoms with E-state index in [2.05, 4.69) is 28.4 Å². The fourth-order valence-corrected chi connectivity index (χ4v) is 3.39. The molecular formula is C12H15N3S2. The van der Waals surface area contributed by atoms with Gasteiger partial charge in [-0.3, -0.25) is 0 Å². The van der Waals surface area contributed by atoms with E-state index in [1.165, 1.54) is 17.1 Å². The average molecular weight is 265 g/mol. The number of hydrogen-bond acceptors (Lipinski definition) is 5. The van der Waals surface area contributed by atoms with Crippen LogP contribution in [0.25, 0.3) is 0 Å². The molecule has 2 N–H and O–H groups in total. The molecule has 2 rings (SSSR count). The minimum atomic E-state index is 0.258. The quantitative estimate of drug-likeness (QED) is 0.845. The first-order valence-corrected chi connectivity index (χ1v) is 7.23. The molecule has 1 unspecified atom stereocenters. The molecule has 2 aromatic rings. The first-order valence-electron chi connectivity index (χ1n) is 5.57. The number of rotatable bonds is 5. The highest BCUT2D eigenvalue weighted by Gasteiger charge is 2.13. The lowest BCUT2D eigenvalue weighted by atomic mass is 10.1. The number of nitrogens with zero attached hydrogens (tertiary/aromatic N) is 2. The highest BCUT2D eigenvalue weighted by molar-refractivity contribution is 8.01. The smallest absolute Gasteiger partial charge is 0.170 e. The van der Waals surface area contributed by atoms with Crippen LogP contribution in [-0.2, 0) is 6.42 Å². The average Bonchev–Trinajstić information content (AvgIpc) is 2.84. The van der Waals surface area contributed by atoms with Crippen molar-refractivity contribution in [3.63, 3.8) is 0 Å². The maximum absolute atomic E-state index is 5.83. The monoisotopic (exact) mass is 265 g/mol. The summed E-state index contributed by atoms with van der Waals surface area (Å²) in [6.45, 7) is 2.67. The number of aryl methyl sites for hydroxylation is 1. The van der Waals surface area contributed by atoms with Gasteiger partial charge in [-0.1, -0.05) is 49.0 Å². The minimum absolute atomic E-state index is 0.258. The molecule has 0 spiro atoms. The van der Waals surface area contributed by atoms with Crippen LogP contribution in [0.1, 0.15) is 23.6 Å². The summed E-state index contributed by atoms with van der Waals surface area (Å²) in [5.41, 5.74) is 7.07. The van der Waals surface area contributed by atoms with E-state index in [0.717, 1.165) is 16.6 Å². The zero-order valence-electron chi connectivity index (χ0n) is 9.67. The van der Waals surface area contributed by atoms with Gasteiger partial charge in [0.15, 0.2) is 4.34 Å². The van der Waals surface area contributed by atoms with E-state index in [9.17, 15) is 0 Å². The van der Waals surface area contributed by atoms with Crippen molar-refractivity contribution in [2.75, 3.05) is 6.54 Å². The summed E-state index contributed by atoms with van der Waals surface area (Å²) < 4.78 is 5.29. The third-order valence-corrected chi connectivity index (χ3v) is 4.50. The molecule has 0 aliphatic carbocycles. The van der Waals surface area contributed by atoms with Crippen molar-refractivity contribution in [2.45, 2.75) is 22.9 Å². The molecule has 5 heteroatoms. The van der Waals surface area contributed by atoms with Gasteiger partial charge in [0.05, 0.1) is 0 Å². The first kappa shape index (κ1) is 12.5. The maximum Gasteiger partial charge on any atom is 0.170 e. The molecule has 1 atom stereocenters. The van der Waals surface area contributed by atoms with Crippen LogP contribution in [0.4, 0.5) is 0 Å². The van der Waals surface area contributed by atoms with Crippen LogP contribution in [0.2, 0.25) is 0 Å². The van der Waals surface area contributed by atoms with Crippen molar-refractivity contribution >= 4 is 23.3 Å². The predicted octanol–water partition coefficient (Wildman–Crippen LogP) is 2.89. The fraction of sp³-hybridized carbons (Fsp3) is 0.333. The molecule has 0 amide bonds. The molecule has 0 radical (unpaired) electrons. The summed E-state index contributed by atoms with van der Waals surface area (Å²) in [7, 11) is 0. The fourth-order valence-electron chi connectivity index (χ4n) is 1.47. The summed E-state index contributed by atoms with van der Waals surface area (Å²) in [5, 5.41) is 0.258. The van der Waals surface area contributed by atoms with Crippen molar-refractivity contribution in [3.05, 3.63) is 41.7 Å². The van der Waals surface area contributed by atoms with Gasteiger partial charge < -0.3 is 5.73 Å². The zero-order valence-corrected chi connectivity index (χ0v) is 11.3. The van der Waals surface area contributed by atoms with Crippen molar-refractivity contribution in [1.82, 2.24) is 9.36 Å². The van der Waals surface area contributed by atoms with Crippen molar-refractivity contribution in [3.8, 4) is 0 Å². The van der Waals surface area contributed by atoms with Crippen LogP contribution in [0.3, 0.4) is 0 Å². The molecule has 0 aliphatic heterocycles. The van der Waals surface area contributed by atoms with E-state index >= 15 is 0 Å². The minimum Gasteiger partial charge on any atom is -0.329 e. The number of aromatic nitrogens is 2. The van der Waals surface area contributed by atoms with Crippen molar-refractivity contribution in [2.24, 2.45) is 5.73 Å². The molecule has 3 nitrogen and oxygen atoms in total. The van der Waals surface area contributed by atoms with Gasteiger partial charge in [0.2, 0.25) is 0 Å². The van der Waals surface area contributed by atoms with Crippen LogP contribution in [0, 0.1) is 0 Å². The number of hydrogen-bond donors (Lipinski definition) is 1. The summed E-state index contributed by atoms with van der Waals surface area (Å²) in [6.07, 6.45) is 0.885. The molecule has 0 aliphatic rings. The lowest BCUT2D eigenvalue weighted by Gasteiger charge is -2.12. The molecule has 0 saturated carbocycles. The molecule has 1 heterocycles. The standard InChI is InChI=1S/C12H15N3S2/c1-2-11-14-12(17-15-11)16-10(8-13)9-6-4-3-5-7-9/h3-7,10H,2,8,13H2,1H3. The molecule has 90 valence electrons. The second-order valence-corrected chi connectivity index (χ2v) is 5.78. The maximum atomic E-state index is 5.83. The Labute approximate surface area is 110 Å². The Morgan fingerprint density at radius 3 is 2.71 bits per heavy atom. The second kappa shape index (κ2) is 6.14. The summed E-state index contributed by atoms with van der Waals surface area (Å²) in [5.74, 6) is 0.918. The largest absolute Gasteiger partial charge is 0.329 e. The first-order chi connectivity index (χ1) is 8.33. The van der Waals surface area contributed by atoms with Gasteiger partial charge in [0.25, 0.3) is 0 Å². The Morgan fingerprint density at radius 1 is 1.35 bits per heavy atom. The van der Waals surface area contributed by atoms with Crippen LogP contribution in [0.5, 0.6) is 0 Å². The Hall–Kier alpha value is -0.910.